The third kappa shape index (κ3) is 1.61. The molecule has 0 amide bonds. The topological polar surface area (TPSA) is 39.7 Å². The third-order valence-corrected chi connectivity index (χ3v) is 2.64. The fourth-order valence-electron chi connectivity index (χ4n) is 1.81. The summed E-state index contributed by atoms with van der Waals surface area (Å²) in [6.45, 7) is 0.634. The maximum atomic E-state index is 5.56. The van der Waals surface area contributed by atoms with E-state index in [0.717, 1.165) is 22.8 Å². The van der Waals surface area contributed by atoms with E-state index >= 15 is 0 Å². The van der Waals surface area contributed by atoms with Crippen molar-refractivity contribution in [1.29, 1.82) is 0 Å². The van der Waals surface area contributed by atoms with Gasteiger partial charge in [-0.2, -0.15) is 0 Å². The van der Waals surface area contributed by atoms with Crippen LogP contribution in [0.25, 0.3) is 0 Å². The molecule has 4 nitrogen and oxygen atoms in total. The number of hydrogen-bond acceptors (Lipinski definition) is 4. The Balaban J connectivity index is 2.48. The number of benzene rings is 1. The SMILES string of the molecule is CNC1COc2cc(OC)cc(OC)c21. The van der Waals surface area contributed by atoms with Crippen molar-refractivity contribution in [1.82, 2.24) is 5.32 Å². The van der Waals surface area contributed by atoms with Crippen LogP contribution in [0.5, 0.6) is 17.2 Å². The molecule has 1 aromatic carbocycles. The lowest BCUT2D eigenvalue weighted by molar-refractivity contribution is 0.316. The number of rotatable bonds is 3. The summed E-state index contributed by atoms with van der Waals surface area (Å²) in [5.74, 6) is 2.40. The molecule has 15 heavy (non-hydrogen) atoms. The first-order valence-electron chi connectivity index (χ1n) is 4.86. The molecule has 1 aliphatic rings. The Morgan fingerprint density at radius 1 is 1.33 bits per heavy atom. The summed E-state index contributed by atoms with van der Waals surface area (Å²) in [4.78, 5) is 0. The van der Waals surface area contributed by atoms with E-state index in [0.29, 0.717) is 6.61 Å². The number of ether oxygens (including phenoxy) is 3. The Hall–Kier alpha value is -1.42. The highest BCUT2D eigenvalue weighted by Gasteiger charge is 2.27. The van der Waals surface area contributed by atoms with Gasteiger partial charge in [-0.05, 0) is 7.05 Å². The molecule has 0 aromatic heterocycles. The molecule has 1 N–H and O–H groups in total. The standard InChI is InChI=1S/C11H15NO3/c1-12-8-6-15-10-5-7(13-2)4-9(14-3)11(8)10/h4-5,8,12H,6H2,1-3H3. The van der Waals surface area contributed by atoms with Gasteiger partial charge in [0.15, 0.2) is 0 Å². The maximum absolute atomic E-state index is 5.56. The summed E-state index contributed by atoms with van der Waals surface area (Å²) in [5, 5.41) is 3.19. The number of fused-ring (bicyclic) bond motifs is 1. The lowest BCUT2D eigenvalue weighted by Gasteiger charge is -2.12. The molecule has 1 atom stereocenters. The molecule has 4 heteroatoms. The van der Waals surface area contributed by atoms with Gasteiger partial charge in [0.1, 0.15) is 23.9 Å². The van der Waals surface area contributed by atoms with Crippen LogP contribution < -0.4 is 19.5 Å². The van der Waals surface area contributed by atoms with Crippen molar-refractivity contribution < 1.29 is 14.2 Å². The van der Waals surface area contributed by atoms with Gasteiger partial charge < -0.3 is 19.5 Å². The van der Waals surface area contributed by atoms with Crippen LogP contribution in [0.1, 0.15) is 11.6 Å². The van der Waals surface area contributed by atoms with Crippen LogP contribution in [0.3, 0.4) is 0 Å². The van der Waals surface area contributed by atoms with Crippen molar-refractivity contribution >= 4 is 0 Å². The molecular formula is C11H15NO3. The van der Waals surface area contributed by atoms with Crippen molar-refractivity contribution in [2.24, 2.45) is 0 Å². The number of nitrogens with one attached hydrogen (secondary N) is 1. The van der Waals surface area contributed by atoms with Gasteiger partial charge in [0, 0.05) is 12.1 Å². The summed E-state index contributed by atoms with van der Waals surface area (Å²) in [5.41, 5.74) is 1.07. The summed E-state index contributed by atoms with van der Waals surface area (Å²) in [7, 11) is 5.19. The van der Waals surface area contributed by atoms with E-state index in [9.17, 15) is 0 Å². The molecule has 0 fully saturated rings. The fourth-order valence-corrected chi connectivity index (χ4v) is 1.81. The number of hydrogen-bond donors (Lipinski definition) is 1. The summed E-state index contributed by atoms with van der Waals surface area (Å²) < 4.78 is 16.1. The molecule has 0 spiro atoms. The summed E-state index contributed by atoms with van der Waals surface area (Å²) in [6.07, 6.45) is 0. The van der Waals surface area contributed by atoms with Gasteiger partial charge in [-0.25, -0.2) is 0 Å². The smallest absolute Gasteiger partial charge is 0.131 e. The van der Waals surface area contributed by atoms with Crippen LogP contribution >= 0.6 is 0 Å². The zero-order chi connectivity index (χ0) is 10.8. The minimum Gasteiger partial charge on any atom is -0.496 e. The average Bonchev–Trinajstić information content (AvgIpc) is 2.70. The van der Waals surface area contributed by atoms with Crippen LogP contribution in [0.2, 0.25) is 0 Å². The number of methoxy groups -OCH3 is 2. The Labute approximate surface area is 89.1 Å². The molecule has 82 valence electrons. The van der Waals surface area contributed by atoms with Crippen LogP contribution in [-0.2, 0) is 0 Å². The normalized spacial score (nSPS) is 18.2. The Morgan fingerprint density at radius 3 is 2.73 bits per heavy atom. The summed E-state index contributed by atoms with van der Waals surface area (Å²) >= 11 is 0. The molecule has 1 unspecified atom stereocenters. The molecule has 1 aromatic rings. The quantitative estimate of drug-likeness (QED) is 0.815. The molecule has 0 bridgehead atoms. The molecule has 1 aliphatic heterocycles. The van der Waals surface area contributed by atoms with Crippen molar-refractivity contribution in [2.45, 2.75) is 6.04 Å². The predicted octanol–water partition coefficient (Wildman–Crippen LogP) is 1.36. The van der Waals surface area contributed by atoms with Gasteiger partial charge in [0.25, 0.3) is 0 Å². The monoisotopic (exact) mass is 209 g/mol. The van der Waals surface area contributed by atoms with E-state index in [-0.39, 0.29) is 6.04 Å². The van der Waals surface area contributed by atoms with Crippen molar-refractivity contribution in [3.05, 3.63) is 17.7 Å². The van der Waals surface area contributed by atoms with E-state index in [4.69, 9.17) is 14.2 Å². The van der Waals surface area contributed by atoms with Gasteiger partial charge >= 0.3 is 0 Å². The highest BCUT2D eigenvalue weighted by Crippen LogP contribution is 2.42. The van der Waals surface area contributed by atoms with E-state index in [1.807, 2.05) is 19.2 Å². The molecule has 0 aliphatic carbocycles. The minimum absolute atomic E-state index is 0.195. The Bertz CT molecular complexity index is 365. The fraction of sp³-hybridized carbons (Fsp3) is 0.455. The number of likely N-dealkylation sites (N-methyl/N-ethyl adjacent to an activating group) is 1. The van der Waals surface area contributed by atoms with Crippen LogP contribution in [0.15, 0.2) is 12.1 Å². The first-order valence-corrected chi connectivity index (χ1v) is 4.86. The first kappa shape index (κ1) is 10.1. The second kappa shape index (κ2) is 3.98. The minimum atomic E-state index is 0.195. The van der Waals surface area contributed by atoms with Crippen LogP contribution in [-0.4, -0.2) is 27.9 Å². The van der Waals surface area contributed by atoms with E-state index in [2.05, 4.69) is 5.32 Å². The van der Waals surface area contributed by atoms with Crippen molar-refractivity contribution in [3.8, 4) is 17.2 Å². The van der Waals surface area contributed by atoms with Gasteiger partial charge in [-0.3, -0.25) is 0 Å². The Morgan fingerprint density at radius 2 is 2.13 bits per heavy atom. The van der Waals surface area contributed by atoms with Gasteiger partial charge in [-0.1, -0.05) is 0 Å². The largest absolute Gasteiger partial charge is 0.496 e. The predicted molar refractivity (Wildman–Crippen MR) is 56.8 cm³/mol. The second-order valence-corrected chi connectivity index (χ2v) is 3.39. The van der Waals surface area contributed by atoms with Gasteiger partial charge in [0.2, 0.25) is 0 Å². The van der Waals surface area contributed by atoms with Crippen LogP contribution in [0, 0.1) is 0 Å². The van der Waals surface area contributed by atoms with Gasteiger partial charge in [0.05, 0.1) is 25.8 Å². The van der Waals surface area contributed by atoms with E-state index < -0.39 is 0 Å². The van der Waals surface area contributed by atoms with E-state index in [1.54, 1.807) is 14.2 Å². The maximum Gasteiger partial charge on any atom is 0.131 e. The molecular weight excluding hydrogens is 194 g/mol. The second-order valence-electron chi connectivity index (χ2n) is 3.39. The van der Waals surface area contributed by atoms with E-state index in [1.165, 1.54) is 0 Å². The highest BCUT2D eigenvalue weighted by atomic mass is 16.5. The van der Waals surface area contributed by atoms with Crippen molar-refractivity contribution in [2.75, 3.05) is 27.9 Å². The average molecular weight is 209 g/mol. The summed E-state index contributed by atoms with van der Waals surface area (Å²) in [6, 6.07) is 3.95. The molecule has 0 saturated heterocycles. The Kier molecular flexibility index (Phi) is 2.68. The lowest BCUT2D eigenvalue weighted by atomic mass is 10.1. The first-order chi connectivity index (χ1) is 7.30. The molecule has 0 saturated carbocycles. The van der Waals surface area contributed by atoms with Gasteiger partial charge in [-0.15, -0.1) is 0 Å². The molecule has 0 radical (unpaired) electrons. The zero-order valence-electron chi connectivity index (χ0n) is 9.16. The highest BCUT2D eigenvalue weighted by molar-refractivity contribution is 5.54. The van der Waals surface area contributed by atoms with Crippen molar-refractivity contribution in [3.63, 3.8) is 0 Å². The lowest BCUT2D eigenvalue weighted by Crippen LogP contribution is -2.17. The molecule has 2 rings (SSSR count). The van der Waals surface area contributed by atoms with Crippen LogP contribution in [0.4, 0.5) is 0 Å². The molecule has 1 heterocycles. The zero-order valence-corrected chi connectivity index (χ0v) is 9.16. The third-order valence-electron chi connectivity index (χ3n) is 2.64.